The molecule has 0 saturated carbocycles. The van der Waals surface area contributed by atoms with Gasteiger partial charge in [0.25, 0.3) is 0 Å². The Morgan fingerprint density at radius 3 is 2.42 bits per heavy atom. The van der Waals surface area contributed by atoms with Crippen LogP contribution in [0, 0.1) is 0 Å². The number of hydrogen-bond donors (Lipinski definition) is 2. The minimum Gasteiger partial charge on any atom is -0.493 e. The lowest BCUT2D eigenvalue weighted by Crippen LogP contribution is -2.45. The minimum atomic E-state index is -0.697. The fraction of sp³-hybridized carbons (Fsp3) is 0.273. The number of methoxy groups -OCH3 is 2. The van der Waals surface area contributed by atoms with Crippen molar-refractivity contribution in [1.29, 1.82) is 0 Å². The molecule has 0 radical (unpaired) electrons. The van der Waals surface area contributed by atoms with Crippen LogP contribution >= 0.6 is 23.2 Å². The normalized spacial score (nSPS) is 15.8. The molecule has 0 saturated heterocycles. The van der Waals surface area contributed by atoms with Gasteiger partial charge in [-0.05, 0) is 36.2 Å². The van der Waals surface area contributed by atoms with Crippen molar-refractivity contribution in [2.24, 2.45) is 0 Å². The van der Waals surface area contributed by atoms with Crippen molar-refractivity contribution in [3.8, 4) is 11.5 Å². The SMILES string of the molecule is CCC1=C(C(=O)OC)C(c2ccc(OCc3c(Cl)cccc3Cl)c(OC)c2)NC(=O)N1. The lowest BCUT2D eigenvalue weighted by molar-refractivity contribution is -0.136. The van der Waals surface area contributed by atoms with Crippen molar-refractivity contribution in [3.05, 3.63) is 68.8 Å². The van der Waals surface area contributed by atoms with E-state index in [-0.39, 0.29) is 6.61 Å². The first-order valence-corrected chi connectivity index (χ1v) is 10.3. The first-order valence-electron chi connectivity index (χ1n) is 9.52. The number of halogens is 2. The summed E-state index contributed by atoms with van der Waals surface area (Å²) in [5.74, 6) is 0.361. The summed E-state index contributed by atoms with van der Waals surface area (Å²) in [6, 6.07) is 9.28. The number of benzene rings is 2. The third-order valence-corrected chi connectivity index (χ3v) is 5.58. The summed E-state index contributed by atoms with van der Waals surface area (Å²) in [5, 5.41) is 6.43. The van der Waals surface area contributed by atoms with E-state index in [1.165, 1.54) is 14.2 Å². The first kappa shape index (κ1) is 22.8. The molecule has 0 spiro atoms. The Hall–Kier alpha value is -2.90. The number of carbonyl (C=O) groups excluding carboxylic acids is 2. The van der Waals surface area contributed by atoms with E-state index in [1.54, 1.807) is 36.4 Å². The van der Waals surface area contributed by atoms with Gasteiger partial charge < -0.3 is 24.8 Å². The summed E-state index contributed by atoms with van der Waals surface area (Å²) in [4.78, 5) is 24.5. The van der Waals surface area contributed by atoms with Gasteiger partial charge in [-0.25, -0.2) is 9.59 Å². The molecule has 2 aromatic rings. The zero-order valence-corrected chi connectivity index (χ0v) is 18.8. The molecular weight excluding hydrogens is 443 g/mol. The van der Waals surface area contributed by atoms with E-state index in [9.17, 15) is 9.59 Å². The highest BCUT2D eigenvalue weighted by molar-refractivity contribution is 6.35. The van der Waals surface area contributed by atoms with E-state index in [4.69, 9.17) is 37.4 Å². The Labute approximate surface area is 190 Å². The van der Waals surface area contributed by atoms with Crippen molar-refractivity contribution < 1.29 is 23.8 Å². The highest BCUT2D eigenvalue weighted by atomic mass is 35.5. The van der Waals surface area contributed by atoms with Gasteiger partial charge in [-0.3, -0.25) is 0 Å². The summed E-state index contributed by atoms with van der Waals surface area (Å²) >= 11 is 12.4. The van der Waals surface area contributed by atoms with Crippen LogP contribution in [0.3, 0.4) is 0 Å². The number of amides is 2. The first-order chi connectivity index (χ1) is 14.9. The molecule has 2 amide bonds. The maximum Gasteiger partial charge on any atom is 0.337 e. The highest BCUT2D eigenvalue weighted by Gasteiger charge is 2.33. The molecule has 7 nitrogen and oxygen atoms in total. The number of carbonyl (C=O) groups is 2. The second-order valence-electron chi connectivity index (χ2n) is 6.67. The van der Waals surface area contributed by atoms with Crippen LogP contribution in [0.15, 0.2) is 47.7 Å². The van der Waals surface area contributed by atoms with Gasteiger partial charge in [-0.15, -0.1) is 0 Å². The van der Waals surface area contributed by atoms with Crippen molar-refractivity contribution in [2.45, 2.75) is 26.0 Å². The molecule has 9 heteroatoms. The van der Waals surface area contributed by atoms with E-state index in [0.717, 1.165) is 0 Å². The predicted octanol–water partition coefficient (Wildman–Crippen LogP) is 4.77. The average Bonchev–Trinajstić information content (AvgIpc) is 2.77. The van der Waals surface area contributed by atoms with Crippen molar-refractivity contribution in [3.63, 3.8) is 0 Å². The Bertz CT molecular complexity index is 1020. The molecule has 1 atom stereocenters. The number of rotatable bonds is 7. The largest absolute Gasteiger partial charge is 0.493 e. The fourth-order valence-corrected chi connectivity index (χ4v) is 3.81. The Morgan fingerprint density at radius 2 is 1.81 bits per heavy atom. The quantitative estimate of drug-likeness (QED) is 0.576. The predicted molar refractivity (Wildman–Crippen MR) is 118 cm³/mol. The molecule has 0 bridgehead atoms. The maximum atomic E-state index is 12.4. The summed E-state index contributed by atoms with van der Waals surface area (Å²) in [6.45, 7) is 1.99. The molecule has 2 N–H and O–H groups in total. The molecule has 0 aromatic heterocycles. The van der Waals surface area contributed by atoms with Crippen LogP contribution in [-0.2, 0) is 16.1 Å². The fourth-order valence-electron chi connectivity index (χ4n) is 3.30. The third-order valence-electron chi connectivity index (χ3n) is 4.87. The molecule has 0 aliphatic carbocycles. The van der Waals surface area contributed by atoms with E-state index < -0.39 is 18.0 Å². The minimum absolute atomic E-state index is 0.144. The van der Waals surface area contributed by atoms with Crippen LogP contribution in [0.4, 0.5) is 4.79 Å². The molecule has 1 heterocycles. The monoisotopic (exact) mass is 464 g/mol. The molecule has 2 aromatic carbocycles. The highest BCUT2D eigenvalue weighted by Crippen LogP contribution is 2.36. The molecule has 1 aliphatic heterocycles. The van der Waals surface area contributed by atoms with Crippen LogP contribution in [0.5, 0.6) is 11.5 Å². The molecule has 1 unspecified atom stereocenters. The zero-order chi connectivity index (χ0) is 22.5. The van der Waals surface area contributed by atoms with Gasteiger partial charge in [-0.1, -0.05) is 42.3 Å². The summed E-state index contributed by atoms with van der Waals surface area (Å²) < 4.78 is 16.3. The number of esters is 1. The van der Waals surface area contributed by atoms with E-state index in [2.05, 4.69) is 10.6 Å². The maximum absolute atomic E-state index is 12.4. The van der Waals surface area contributed by atoms with Crippen molar-refractivity contribution >= 4 is 35.2 Å². The van der Waals surface area contributed by atoms with E-state index in [1.807, 2.05) is 6.92 Å². The van der Waals surface area contributed by atoms with Crippen LogP contribution < -0.4 is 20.1 Å². The van der Waals surface area contributed by atoms with Gasteiger partial charge in [0.1, 0.15) is 6.61 Å². The summed E-state index contributed by atoms with van der Waals surface area (Å²) in [5.41, 5.74) is 2.14. The third kappa shape index (κ3) is 4.89. The summed E-state index contributed by atoms with van der Waals surface area (Å²) in [7, 11) is 2.80. The standard InChI is InChI=1S/C22H22Cl2N2O5/c1-4-16-19(21(27)30-3)20(26-22(28)25-16)12-8-9-17(18(10-12)29-2)31-11-13-14(23)6-5-7-15(13)24/h5-10,20H,4,11H2,1-3H3,(H2,25,26,28). The molecule has 0 fully saturated rings. The van der Waals surface area contributed by atoms with Gasteiger partial charge in [0.2, 0.25) is 0 Å². The molecule has 3 rings (SSSR count). The number of urea groups is 1. The Morgan fingerprint density at radius 1 is 1.10 bits per heavy atom. The van der Waals surface area contributed by atoms with Gasteiger partial charge >= 0.3 is 12.0 Å². The lowest BCUT2D eigenvalue weighted by Gasteiger charge is -2.29. The molecule has 1 aliphatic rings. The molecular formula is C22H22Cl2N2O5. The number of hydrogen-bond acceptors (Lipinski definition) is 5. The second-order valence-corrected chi connectivity index (χ2v) is 7.48. The molecule has 164 valence electrons. The van der Waals surface area contributed by atoms with Crippen molar-refractivity contribution in [2.75, 3.05) is 14.2 Å². The Kier molecular flexibility index (Phi) is 7.30. The second kappa shape index (κ2) is 9.94. The summed E-state index contributed by atoms with van der Waals surface area (Å²) in [6.07, 6.45) is 0.464. The average molecular weight is 465 g/mol. The van der Waals surface area contributed by atoms with Crippen LogP contribution in [0.25, 0.3) is 0 Å². The number of nitrogens with one attached hydrogen (secondary N) is 2. The van der Waals surface area contributed by atoms with Gasteiger partial charge in [0.15, 0.2) is 11.5 Å². The van der Waals surface area contributed by atoms with Gasteiger partial charge in [0, 0.05) is 21.3 Å². The van der Waals surface area contributed by atoms with E-state index in [0.29, 0.717) is 50.4 Å². The smallest absolute Gasteiger partial charge is 0.337 e. The van der Waals surface area contributed by atoms with Gasteiger partial charge in [-0.2, -0.15) is 0 Å². The number of allylic oxidation sites excluding steroid dienone is 1. The van der Waals surface area contributed by atoms with Gasteiger partial charge in [0.05, 0.1) is 25.8 Å². The van der Waals surface area contributed by atoms with E-state index >= 15 is 0 Å². The topological polar surface area (TPSA) is 85.9 Å². The van der Waals surface area contributed by atoms with Crippen LogP contribution in [0.2, 0.25) is 10.0 Å². The van der Waals surface area contributed by atoms with Crippen LogP contribution in [-0.4, -0.2) is 26.2 Å². The molecule has 31 heavy (non-hydrogen) atoms. The van der Waals surface area contributed by atoms with Crippen molar-refractivity contribution in [1.82, 2.24) is 10.6 Å². The Balaban J connectivity index is 1.93. The number of ether oxygens (including phenoxy) is 3. The lowest BCUT2D eigenvalue weighted by atomic mass is 9.94. The zero-order valence-electron chi connectivity index (χ0n) is 17.3. The van der Waals surface area contributed by atoms with Crippen LogP contribution in [0.1, 0.15) is 30.5 Å².